The summed E-state index contributed by atoms with van der Waals surface area (Å²) in [5.74, 6) is -0.0408. The standard InChI is InChI=1S/C15H12N2OS2/c18-15(13-6-3-9-20-13)17-10-11-4-1-7-16-14(11)12-5-2-8-19-12/h1-9H,10H2,(H,17,18). The molecule has 0 saturated heterocycles. The monoisotopic (exact) mass is 300 g/mol. The van der Waals surface area contributed by atoms with E-state index >= 15 is 0 Å². The highest BCUT2D eigenvalue weighted by atomic mass is 32.1. The summed E-state index contributed by atoms with van der Waals surface area (Å²) in [4.78, 5) is 18.2. The molecule has 0 atom stereocenters. The maximum Gasteiger partial charge on any atom is 0.261 e. The summed E-state index contributed by atoms with van der Waals surface area (Å²) in [6, 6.07) is 11.6. The zero-order chi connectivity index (χ0) is 13.8. The van der Waals surface area contributed by atoms with Gasteiger partial charge in [-0.05, 0) is 34.5 Å². The number of nitrogens with zero attached hydrogens (tertiary/aromatic N) is 1. The van der Waals surface area contributed by atoms with Crippen molar-refractivity contribution < 1.29 is 4.79 Å². The molecule has 100 valence electrons. The Morgan fingerprint density at radius 2 is 1.95 bits per heavy atom. The number of nitrogens with one attached hydrogen (secondary N) is 1. The van der Waals surface area contributed by atoms with Crippen molar-refractivity contribution in [2.45, 2.75) is 6.54 Å². The molecule has 3 rings (SSSR count). The molecule has 3 aromatic rings. The second-order valence-electron chi connectivity index (χ2n) is 4.15. The lowest BCUT2D eigenvalue weighted by molar-refractivity contribution is 0.0955. The van der Waals surface area contributed by atoms with Gasteiger partial charge in [0.05, 0.1) is 15.4 Å². The highest BCUT2D eigenvalue weighted by molar-refractivity contribution is 7.13. The molecule has 0 aliphatic rings. The van der Waals surface area contributed by atoms with Crippen molar-refractivity contribution in [1.29, 1.82) is 0 Å². The first kappa shape index (κ1) is 13.0. The molecule has 0 aliphatic heterocycles. The van der Waals surface area contributed by atoms with E-state index < -0.39 is 0 Å². The molecular formula is C15H12N2OS2. The number of hydrogen-bond donors (Lipinski definition) is 1. The van der Waals surface area contributed by atoms with E-state index in [9.17, 15) is 4.79 Å². The zero-order valence-corrected chi connectivity index (χ0v) is 12.2. The molecule has 1 amide bonds. The molecule has 0 fully saturated rings. The number of aromatic nitrogens is 1. The van der Waals surface area contributed by atoms with Gasteiger partial charge in [0.1, 0.15) is 0 Å². The molecule has 0 radical (unpaired) electrons. The predicted molar refractivity (Wildman–Crippen MR) is 83.0 cm³/mol. The molecule has 3 aromatic heterocycles. The van der Waals surface area contributed by atoms with Gasteiger partial charge in [0.15, 0.2) is 0 Å². The van der Waals surface area contributed by atoms with Gasteiger partial charge in [-0.1, -0.05) is 18.2 Å². The van der Waals surface area contributed by atoms with Gasteiger partial charge in [-0.3, -0.25) is 9.78 Å². The smallest absolute Gasteiger partial charge is 0.261 e. The Morgan fingerprint density at radius 3 is 2.70 bits per heavy atom. The van der Waals surface area contributed by atoms with Crippen LogP contribution in [-0.4, -0.2) is 10.9 Å². The highest BCUT2D eigenvalue weighted by Gasteiger charge is 2.10. The quantitative estimate of drug-likeness (QED) is 0.796. The fourth-order valence-electron chi connectivity index (χ4n) is 1.89. The summed E-state index contributed by atoms with van der Waals surface area (Å²) in [5.41, 5.74) is 1.97. The van der Waals surface area contributed by atoms with E-state index in [1.807, 2.05) is 47.2 Å². The second kappa shape index (κ2) is 5.98. The second-order valence-corrected chi connectivity index (χ2v) is 6.04. The molecule has 20 heavy (non-hydrogen) atoms. The zero-order valence-electron chi connectivity index (χ0n) is 10.6. The number of carbonyl (C=O) groups excluding carboxylic acids is 1. The summed E-state index contributed by atoms with van der Waals surface area (Å²) in [5, 5.41) is 6.86. The Bertz CT molecular complexity index is 691. The minimum absolute atomic E-state index is 0.0408. The van der Waals surface area contributed by atoms with E-state index in [2.05, 4.69) is 10.3 Å². The molecule has 3 nitrogen and oxygen atoms in total. The van der Waals surface area contributed by atoms with Crippen LogP contribution in [0, 0.1) is 0 Å². The number of amides is 1. The number of rotatable bonds is 4. The van der Waals surface area contributed by atoms with E-state index in [0.29, 0.717) is 6.54 Å². The third-order valence-electron chi connectivity index (χ3n) is 2.83. The van der Waals surface area contributed by atoms with Gasteiger partial charge in [0.2, 0.25) is 0 Å². The molecule has 3 heterocycles. The van der Waals surface area contributed by atoms with Crippen LogP contribution in [-0.2, 0) is 6.54 Å². The Hall–Kier alpha value is -1.98. The summed E-state index contributed by atoms with van der Waals surface area (Å²) < 4.78 is 0. The van der Waals surface area contributed by atoms with Crippen LogP contribution >= 0.6 is 22.7 Å². The minimum atomic E-state index is -0.0408. The van der Waals surface area contributed by atoms with Crippen molar-refractivity contribution in [2.24, 2.45) is 0 Å². The first-order valence-corrected chi connectivity index (χ1v) is 7.90. The summed E-state index contributed by atoms with van der Waals surface area (Å²) in [6.07, 6.45) is 1.78. The highest BCUT2D eigenvalue weighted by Crippen LogP contribution is 2.25. The Labute approximate surface area is 124 Å². The van der Waals surface area contributed by atoms with Crippen molar-refractivity contribution in [3.05, 3.63) is 63.8 Å². The normalized spacial score (nSPS) is 10.4. The molecule has 0 bridgehead atoms. The summed E-state index contributed by atoms with van der Waals surface area (Å²) in [7, 11) is 0. The van der Waals surface area contributed by atoms with Crippen molar-refractivity contribution in [3.63, 3.8) is 0 Å². The largest absolute Gasteiger partial charge is 0.347 e. The number of carbonyl (C=O) groups is 1. The number of thiophene rings is 2. The van der Waals surface area contributed by atoms with Gasteiger partial charge in [-0.15, -0.1) is 22.7 Å². The van der Waals surface area contributed by atoms with Crippen LogP contribution in [0.5, 0.6) is 0 Å². The van der Waals surface area contributed by atoms with Gasteiger partial charge in [0.25, 0.3) is 5.91 Å². The van der Waals surface area contributed by atoms with Crippen LogP contribution in [0.2, 0.25) is 0 Å². The number of pyridine rings is 1. The van der Waals surface area contributed by atoms with Gasteiger partial charge in [0, 0.05) is 12.7 Å². The van der Waals surface area contributed by atoms with Crippen LogP contribution in [0.1, 0.15) is 15.2 Å². The Morgan fingerprint density at radius 1 is 1.10 bits per heavy atom. The molecule has 0 aliphatic carbocycles. The molecule has 0 unspecified atom stereocenters. The van der Waals surface area contributed by atoms with Crippen LogP contribution in [0.3, 0.4) is 0 Å². The van der Waals surface area contributed by atoms with Gasteiger partial charge >= 0.3 is 0 Å². The van der Waals surface area contributed by atoms with Crippen molar-refractivity contribution >= 4 is 28.6 Å². The third kappa shape index (κ3) is 2.79. The average Bonchev–Trinajstić information content (AvgIpc) is 3.17. The van der Waals surface area contributed by atoms with Crippen molar-refractivity contribution in [1.82, 2.24) is 10.3 Å². The SMILES string of the molecule is O=C(NCc1cccnc1-c1cccs1)c1cccs1. The van der Waals surface area contributed by atoms with Gasteiger partial charge < -0.3 is 5.32 Å². The molecule has 1 N–H and O–H groups in total. The van der Waals surface area contributed by atoms with Crippen molar-refractivity contribution in [2.75, 3.05) is 0 Å². The third-order valence-corrected chi connectivity index (χ3v) is 4.58. The van der Waals surface area contributed by atoms with E-state index in [0.717, 1.165) is 21.0 Å². The fraction of sp³-hybridized carbons (Fsp3) is 0.0667. The van der Waals surface area contributed by atoms with E-state index in [4.69, 9.17) is 0 Å². The number of hydrogen-bond acceptors (Lipinski definition) is 4. The fourth-order valence-corrected chi connectivity index (χ4v) is 3.28. The lowest BCUT2D eigenvalue weighted by Crippen LogP contribution is -2.22. The summed E-state index contributed by atoms with van der Waals surface area (Å²) in [6.45, 7) is 0.484. The molecule has 0 spiro atoms. The molecular weight excluding hydrogens is 288 g/mol. The molecule has 0 saturated carbocycles. The van der Waals surface area contributed by atoms with Gasteiger partial charge in [-0.25, -0.2) is 0 Å². The van der Waals surface area contributed by atoms with Crippen molar-refractivity contribution in [3.8, 4) is 10.6 Å². The van der Waals surface area contributed by atoms with Gasteiger partial charge in [-0.2, -0.15) is 0 Å². The first-order chi connectivity index (χ1) is 9.84. The van der Waals surface area contributed by atoms with E-state index in [-0.39, 0.29) is 5.91 Å². The predicted octanol–water partition coefficient (Wildman–Crippen LogP) is 3.80. The summed E-state index contributed by atoms with van der Waals surface area (Å²) >= 11 is 3.09. The van der Waals surface area contributed by atoms with E-state index in [1.54, 1.807) is 17.5 Å². The van der Waals surface area contributed by atoms with Crippen LogP contribution in [0.25, 0.3) is 10.6 Å². The first-order valence-electron chi connectivity index (χ1n) is 6.14. The maximum absolute atomic E-state index is 12.0. The maximum atomic E-state index is 12.0. The van der Waals surface area contributed by atoms with E-state index in [1.165, 1.54) is 11.3 Å². The molecule has 5 heteroatoms. The Balaban J connectivity index is 1.77. The van der Waals surface area contributed by atoms with Crippen LogP contribution in [0.15, 0.2) is 53.4 Å². The topological polar surface area (TPSA) is 42.0 Å². The molecule has 0 aromatic carbocycles. The van der Waals surface area contributed by atoms with Crippen LogP contribution < -0.4 is 5.32 Å². The Kier molecular flexibility index (Phi) is 3.90. The lowest BCUT2D eigenvalue weighted by atomic mass is 10.1. The lowest BCUT2D eigenvalue weighted by Gasteiger charge is -2.08. The van der Waals surface area contributed by atoms with Crippen LogP contribution in [0.4, 0.5) is 0 Å². The average molecular weight is 300 g/mol. The minimum Gasteiger partial charge on any atom is -0.347 e.